The molecule has 1 heterocycles. The van der Waals surface area contributed by atoms with E-state index in [9.17, 15) is 9.90 Å². The zero-order valence-corrected chi connectivity index (χ0v) is 11.0. The van der Waals surface area contributed by atoms with Crippen LogP contribution in [0.15, 0.2) is 60.8 Å². The summed E-state index contributed by atoms with van der Waals surface area (Å²) in [5.74, 6) is -0.878. The second-order valence-electron chi connectivity index (χ2n) is 4.79. The predicted molar refractivity (Wildman–Crippen MR) is 79.0 cm³/mol. The second-order valence-corrected chi connectivity index (χ2v) is 4.79. The molecule has 0 aliphatic rings. The van der Waals surface area contributed by atoms with Crippen LogP contribution in [-0.4, -0.2) is 15.6 Å². The van der Waals surface area contributed by atoms with Gasteiger partial charge < -0.3 is 9.67 Å². The molecule has 3 rings (SSSR count). The molecular formula is C17H15NO2. The van der Waals surface area contributed by atoms with Gasteiger partial charge in [0.05, 0.1) is 5.56 Å². The number of carbonyl (C=O) groups is 1. The Kier molecular flexibility index (Phi) is 3.25. The van der Waals surface area contributed by atoms with E-state index in [0.717, 1.165) is 23.9 Å². The predicted octanol–water partition coefficient (Wildman–Crippen LogP) is 3.58. The molecular weight excluding hydrogens is 250 g/mol. The van der Waals surface area contributed by atoms with Crippen LogP contribution in [0.2, 0.25) is 0 Å². The number of hydrogen-bond donors (Lipinski definition) is 1. The van der Waals surface area contributed by atoms with E-state index in [0.29, 0.717) is 5.56 Å². The van der Waals surface area contributed by atoms with Gasteiger partial charge in [-0.15, -0.1) is 0 Å². The lowest BCUT2D eigenvalue weighted by Crippen LogP contribution is -2.01. The van der Waals surface area contributed by atoms with Crippen LogP contribution in [0.25, 0.3) is 10.9 Å². The monoisotopic (exact) mass is 265 g/mol. The number of hydrogen-bond acceptors (Lipinski definition) is 1. The Hall–Kier alpha value is -2.55. The third-order valence-corrected chi connectivity index (χ3v) is 3.53. The lowest BCUT2D eigenvalue weighted by atomic mass is 10.1. The lowest BCUT2D eigenvalue weighted by molar-refractivity contribution is 0.0699. The van der Waals surface area contributed by atoms with E-state index in [4.69, 9.17) is 0 Å². The van der Waals surface area contributed by atoms with Gasteiger partial charge in [0, 0.05) is 23.6 Å². The van der Waals surface area contributed by atoms with Gasteiger partial charge in [-0.3, -0.25) is 0 Å². The van der Waals surface area contributed by atoms with Gasteiger partial charge in [-0.2, -0.15) is 0 Å². The number of aryl methyl sites for hydroxylation is 2. The second kappa shape index (κ2) is 5.21. The Balaban J connectivity index is 1.90. The van der Waals surface area contributed by atoms with Crippen LogP contribution in [0.1, 0.15) is 15.9 Å². The van der Waals surface area contributed by atoms with E-state index < -0.39 is 5.97 Å². The first-order valence-electron chi connectivity index (χ1n) is 6.61. The molecule has 0 aliphatic heterocycles. The quantitative estimate of drug-likeness (QED) is 0.783. The fourth-order valence-electron chi connectivity index (χ4n) is 2.50. The highest BCUT2D eigenvalue weighted by atomic mass is 16.4. The maximum atomic E-state index is 11.2. The number of carboxylic acid groups (broad SMARTS) is 1. The van der Waals surface area contributed by atoms with Crippen LogP contribution in [-0.2, 0) is 13.0 Å². The Morgan fingerprint density at radius 3 is 2.55 bits per heavy atom. The van der Waals surface area contributed by atoms with Gasteiger partial charge in [-0.05, 0) is 30.2 Å². The van der Waals surface area contributed by atoms with E-state index in [-0.39, 0.29) is 0 Å². The van der Waals surface area contributed by atoms with E-state index in [1.165, 1.54) is 5.56 Å². The van der Waals surface area contributed by atoms with Crippen LogP contribution in [0.3, 0.4) is 0 Å². The maximum Gasteiger partial charge on any atom is 0.336 e. The molecule has 0 radical (unpaired) electrons. The van der Waals surface area contributed by atoms with Gasteiger partial charge in [-0.25, -0.2) is 4.79 Å². The first-order chi connectivity index (χ1) is 9.75. The number of rotatable bonds is 4. The minimum Gasteiger partial charge on any atom is -0.478 e. The van der Waals surface area contributed by atoms with Crippen molar-refractivity contribution in [3.05, 3.63) is 71.9 Å². The summed E-state index contributed by atoms with van der Waals surface area (Å²) < 4.78 is 2.11. The molecule has 2 aromatic carbocycles. The molecule has 1 aromatic heterocycles. The summed E-state index contributed by atoms with van der Waals surface area (Å²) in [5.41, 5.74) is 2.62. The van der Waals surface area contributed by atoms with E-state index in [1.54, 1.807) is 12.1 Å². The highest BCUT2D eigenvalue weighted by Crippen LogP contribution is 2.20. The fraction of sp³-hybridized carbons (Fsp3) is 0.118. The van der Waals surface area contributed by atoms with Crippen LogP contribution in [0.4, 0.5) is 0 Å². The average Bonchev–Trinajstić information content (AvgIpc) is 2.89. The Labute approximate surface area is 117 Å². The van der Waals surface area contributed by atoms with Crippen molar-refractivity contribution < 1.29 is 9.90 Å². The summed E-state index contributed by atoms with van der Waals surface area (Å²) in [4.78, 5) is 11.2. The summed E-state index contributed by atoms with van der Waals surface area (Å²) in [6, 6.07) is 17.6. The maximum absolute atomic E-state index is 11.2. The lowest BCUT2D eigenvalue weighted by Gasteiger charge is -2.06. The van der Waals surface area contributed by atoms with E-state index in [2.05, 4.69) is 16.7 Å². The van der Waals surface area contributed by atoms with Crippen LogP contribution >= 0.6 is 0 Å². The highest BCUT2D eigenvalue weighted by Gasteiger charge is 2.10. The third-order valence-electron chi connectivity index (χ3n) is 3.53. The molecule has 0 atom stereocenters. The largest absolute Gasteiger partial charge is 0.478 e. The van der Waals surface area contributed by atoms with Gasteiger partial charge in [0.15, 0.2) is 0 Å². The molecule has 0 bridgehead atoms. The van der Waals surface area contributed by atoms with Crippen molar-refractivity contribution in [2.75, 3.05) is 0 Å². The molecule has 0 fully saturated rings. The zero-order chi connectivity index (χ0) is 13.9. The summed E-state index contributed by atoms with van der Waals surface area (Å²) in [5, 5.41) is 9.99. The average molecular weight is 265 g/mol. The van der Waals surface area contributed by atoms with Crippen LogP contribution in [0, 0.1) is 0 Å². The Bertz CT molecular complexity index is 744. The molecule has 0 saturated carbocycles. The van der Waals surface area contributed by atoms with Crippen molar-refractivity contribution in [3.8, 4) is 0 Å². The van der Waals surface area contributed by atoms with Gasteiger partial charge in [0.2, 0.25) is 0 Å². The van der Waals surface area contributed by atoms with Crippen LogP contribution < -0.4 is 0 Å². The molecule has 0 spiro atoms. The smallest absolute Gasteiger partial charge is 0.336 e. The Morgan fingerprint density at radius 2 is 1.80 bits per heavy atom. The highest BCUT2D eigenvalue weighted by molar-refractivity contribution is 6.02. The van der Waals surface area contributed by atoms with Gasteiger partial charge in [-0.1, -0.05) is 36.4 Å². The molecule has 3 heteroatoms. The molecule has 20 heavy (non-hydrogen) atoms. The summed E-state index contributed by atoms with van der Waals surface area (Å²) >= 11 is 0. The minimum absolute atomic E-state index is 0.362. The van der Waals surface area contributed by atoms with Crippen molar-refractivity contribution in [2.24, 2.45) is 0 Å². The van der Waals surface area contributed by atoms with Crippen molar-refractivity contribution in [2.45, 2.75) is 13.0 Å². The fourth-order valence-corrected chi connectivity index (χ4v) is 2.50. The van der Waals surface area contributed by atoms with Crippen molar-refractivity contribution >= 4 is 16.9 Å². The van der Waals surface area contributed by atoms with Crippen molar-refractivity contribution in [3.63, 3.8) is 0 Å². The van der Waals surface area contributed by atoms with Gasteiger partial charge in [0.25, 0.3) is 0 Å². The number of aromatic carboxylic acids is 1. The first kappa shape index (κ1) is 12.5. The SMILES string of the molecule is O=C(O)c1cccc2c1ccn2CCc1ccccc1. The zero-order valence-electron chi connectivity index (χ0n) is 11.0. The molecule has 1 N–H and O–H groups in total. The minimum atomic E-state index is -0.878. The molecule has 0 saturated heterocycles. The summed E-state index contributed by atoms with van der Waals surface area (Å²) in [7, 11) is 0. The number of benzene rings is 2. The number of nitrogens with zero attached hydrogens (tertiary/aromatic N) is 1. The third kappa shape index (κ3) is 2.30. The number of carboxylic acids is 1. The number of fused-ring (bicyclic) bond motifs is 1. The summed E-state index contributed by atoms with van der Waals surface area (Å²) in [6.07, 6.45) is 2.89. The summed E-state index contributed by atoms with van der Waals surface area (Å²) in [6.45, 7) is 0.844. The molecule has 0 unspecified atom stereocenters. The molecule has 3 nitrogen and oxygen atoms in total. The molecule has 100 valence electrons. The topological polar surface area (TPSA) is 42.2 Å². The van der Waals surface area contributed by atoms with Gasteiger partial charge in [0.1, 0.15) is 0 Å². The first-order valence-corrected chi connectivity index (χ1v) is 6.61. The van der Waals surface area contributed by atoms with Crippen molar-refractivity contribution in [1.82, 2.24) is 4.57 Å². The molecule has 3 aromatic rings. The Morgan fingerprint density at radius 1 is 1.00 bits per heavy atom. The van der Waals surface area contributed by atoms with Crippen LogP contribution in [0.5, 0.6) is 0 Å². The standard InChI is InChI=1S/C17H15NO2/c19-17(20)15-7-4-8-16-14(15)10-12-18(16)11-9-13-5-2-1-3-6-13/h1-8,10,12H,9,11H2,(H,19,20). The molecule has 0 aliphatic carbocycles. The van der Waals surface area contributed by atoms with E-state index in [1.807, 2.05) is 36.5 Å². The normalized spacial score (nSPS) is 10.8. The van der Waals surface area contributed by atoms with Gasteiger partial charge >= 0.3 is 5.97 Å². The number of aromatic nitrogens is 1. The van der Waals surface area contributed by atoms with E-state index >= 15 is 0 Å². The van der Waals surface area contributed by atoms with Crippen molar-refractivity contribution in [1.29, 1.82) is 0 Å². The molecule has 0 amide bonds.